The molecule has 0 aromatic heterocycles. The molecule has 4 heteroatoms. The zero-order chi connectivity index (χ0) is 18.9. The molecule has 0 spiro atoms. The average Bonchev–Trinajstić information content (AvgIpc) is 2.72. The first-order valence-electron chi connectivity index (χ1n) is 9.06. The molecule has 0 radical (unpaired) electrons. The molecule has 3 aromatic carbocycles. The number of hydrogen-bond acceptors (Lipinski definition) is 3. The second-order valence-corrected chi connectivity index (χ2v) is 6.07. The van der Waals surface area contributed by atoms with E-state index in [1.807, 2.05) is 66.7 Å². The normalized spacial score (nSPS) is 10.3. The molecule has 1 amide bonds. The number of carbonyl (C=O) groups excluding carboxylic acids is 1. The third kappa shape index (κ3) is 5.35. The lowest BCUT2D eigenvalue weighted by Crippen LogP contribution is -2.20. The van der Waals surface area contributed by atoms with Gasteiger partial charge in [0, 0.05) is 11.3 Å². The molecular weight excluding hydrogens is 338 g/mol. The Morgan fingerprint density at radius 2 is 1.44 bits per heavy atom. The number of carbonyl (C=O) groups is 1. The molecule has 3 rings (SSSR count). The van der Waals surface area contributed by atoms with Gasteiger partial charge in [-0.1, -0.05) is 55.5 Å². The van der Waals surface area contributed by atoms with Crippen LogP contribution in [0.1, 0.15) is 13.3 Å². The molecule has 27 heavy (non-hydrogen) atoms. The SMILES string of the molecule is CCCOc1ccc(OCC(=O)Nc2ccccc2-c2ccccc2)cc1. The van der Waals surface area contributed by atoms with Crippen molar-refractivity contribution >= 4 is 11.6 Å². The van der Waals surface area contributed by atoms with E-state index < -0.39 is 0 Å². The molecule has 0 unspecified atom stereocenters. The van der Waals surface area contributed by atoms with Gasteiger partial charge in [0.15, 0.2) is 6.61 Å². The summed E-state index contributed by atoms with van der Waals surface area (Å²) in [4.78, 5) is 12.3. The number of anilines is 1. The number of amides is 1. The maximum atomic E-state index is 12.3. The number of benzene rings is 3. The van der Waals surface area contributed by atoms with Crippen molar-refractivity contribution in [2.24, 2.45) is 0 Å². The van der Waals surface area contributed by atoms with E-state index in [2.05, 4.69) is 12.2 Å². The van der Waals surface area contributed by atoms with Crippen molar-refractivity contribution in [2.75, 3.05) is 18.5 Å². The zero-order valence-corrected chi connectivity index (χ0v) is 15.4. The van der Waals surface area contributed by atoms with Gasteiger partial charge < -0.3 is 14.8 Å². The van der Waals surface area contributed by atoms with E-state index in [1.54, 1.807) is 12.1 Å². The van der Waals surface area contributed by atoms with E-state index in [0.717, 1.165) is 29.0 Å². The topological polar surface area (TPSA) is 47.6 Å². The van der Waals surface area contributed by atoms with Crippen LogP contribution in [0.15, 0.2) is 78.9 Å². The van der Waals surface area contributed by atoms with Crippen LogP contribution in [-0.4, -0.2) is 19.1 Å². The Balaban J connectivity index is 1.59. The second kappa shape index (κ2) is 9.43. The highest BCUT2D eigenvalue weighted by molar-refractivity contribution is 5.96. The Morgan fingerprint density at radius 3 is 2.15 bits per heavy atom. The molecule has 3 aromatic rings. The molecule has 0 aliphatic carbocycles. The zero-order valence-electron chi connectivity index (χ0n) is 15.4. The molecule has 0 atom stereocenters. The molecular formula is C23H23NO3. The van der Waals surface area contributed by atoms with Gasteiger partial charge in [-0.2, -0.15) is 0 Å². The van der Waals surface area contributed by atoms with Crippen LogP contribution in [0.25, 0.3) is 11.1 Å². The standard InChI is InChI=1S/C23H23NO3/c1-2-16-26-19-12-14-20(15-13-19)27-17-23(25)24-22-11-7-6-10-21(22)18-8-4-3-5-9-18/h3-15H,2,16-17H2,1H3,(H,24,25). The number of rotatable bonds is 8. The average molecular weight is 361 g/mol. The predicted octanol–water partition coefficient (Wildman–Crippen LogP) is 5.16. The molecule has 0 heterocycles. The van der Waals surface area contributed by atoms with Crippen molar-refractivity contribution in [3.63, 3.8) is 0 Å². The minimum atomic E-state index is -0.204. The summed E-state index contributed by atoms with van der Waals surface area (Å²) < 4.78 is 11.1. The van der Waals surface area contributed by atoms with E-state index in [-0.39, 0.29) is 12.5 Å². The molecule has 0 saturated carbocycles. The summed E-state index contributed by atoms with van der Waals surface area (Å²) in [7, 11) is 0. The first-order chi connectivity index (χ1) is 13.3. The maximum Gasteiger partial charge on any atom is 0.262 e. The van der Waals surface area contributed by atoms with Crippen molar-refractivity contribution < 1.29 is 14.3 Å². The van der Waals surface area contributed by atoms with E-state index >= 15 is 0 Å². The summed E-state index contributed by atoms with van der Waals surface area (Å²) in [5, 5.41) is 2.93. The summed E-state index contributed by atoms with van der Waals surface area (Å²) in [5.41, 5.74) is 2.79. The van der Waals surface area contributed by atoms with Crippen molar-refractivity contribution in [2.45, 2.75) is 13.3 Å². The van der Waals surface area contributed by atoms with Gasteiger partial charge >= 0.3 is 0 Å². The van der Waals surface area contributed by atoms with Crippen LogP contribution in [0.5, 0.6) is 11.5 Å². The van der Waals surface area contributed by atoms with Crippen LogP contribution in [0.2, 0.25) is 0 Å². The molecule has 0 fully saturated rings. The minimum absolute atomic E-state index is 0.0573. The molecule has 1 N–H and O–H groups in total. The maximum absolute atomic E-state index is 12.3. The van der Waals surface area contributed by atoms with E-state index in [9.17, 15) is 4.79 Å². The second-order valence-electron chi connectivity index (χ2n) is 6.07. The number of nitrogens with one attached hydrogen (secondary N) is 1. The lowest BCUT2D eigenvalue weighted by molar-refractivity contribution is -0.118. The van der Waals surface area contributed by atoms with Gasteiger partial charge in [-0.3, -0.25) is 4.79 Å². The monoisotopic (exact) mass is 361 g/mol. The van der Waals surface area contributed by atoms with Crippen LogP contribution in [-0.2, 0) is 4.79 Å². The van der Waals surface area contributed by atoms with Gasteiger partial charge in [0.05, 0.1) is 6.61 Å². The number of hydrogen-bond donors (Lipinski definition) is 1. The smallest absolute Gasteiger partial charge is 0.262 e. The fraction of sp³-hybridized carbons (Fsp3) is 0.174. The van der Waals surface area contributed by atoms with Crippen LogP contribution >= 0.6 is 0 Å². The Bertz CT molecular complexity index is 860. The van der Waals surface area contributed by atoms with Gasteiger partial charge in [-0.15, -0.1) is 0 Å². The molecule has 138 valence electrons. The number of para-hydroxylation sites is 1. The van der Waals surface area contributed by atoms with Crippen LogP contribution in [0, 0.1) is 0 Å². The Labute approximate surface area is 159 Å². The van der Waals surface area contributed by atoms with E-state index in [1.165, 1.54) is 0 Å². The van der Waals surface area contributed by atoms with Crippen molar-refractivity contribution in [1.82, 2.24) is 0 Å². The predicted molar refractivity (Wildman–Crippen MR) is 108 cm³/mol. The summed E-state index contributed by atoms with van der Waals surface area (Å²) >= 11 is 0. The molecule has 0 aliphatic heterocycles. The third-order valence-electron chi connectivity index (χ3n) is 3.95. The summed E-state index contributed by atoms with van der Waals surface area (Å²) in [6, 6.07) is 25.0. The van der Waals surface area contributed by atoms with Gasteiger partial charge in [-0.25, -0.2) is 0 Å². The van der Waals surface area contributed by atoms with Gasteiger partial charge in [0.2, 0.25) is 0 Å². The van der Waals surface area contributed by atoms with Crippen molar-refractivity contribution in [3.8, 4) is 22.6 Å². The fourth-order valence-corrected chi connectivity index (χ4v) is 2.65. The lowest BCUT2D eigenvalue weighted by atomic mass is 10.0. The largest absolute Gasteiger partial charge is 0.494 e. The van der Waals surface area contributed by atoms with Gasteiger partial charge in [0.25, 0.3) is 5.91 Å². The molecule has 4 nitrogen and oxygen atoms in total. The third-order valence-corrected chi connectivity index (χ3v) is 3.95. The fourth-order valence-electron chi connectivity index (χ4n) is 2.65. The Kier molecular flexibility index (Phi) is 6.47. The molecule has 0 aliphatic rings. The first kappa shape index (κ1) is 18.5. The minimum Gasteiger partial charge on any atom is -0.494 e. The first-order valence-corrected chi connectivity index (χ1v) is 9.06. The van der Waals surface area contributed by atoms with Crippen LogP contribution < -0.4 is 14.8 Å². The summed E-state index contributed by atoms with van der Waals surface area (Å²) in [5.74, 6) is 1.22. The van der Waals surface area contributed by atoms with Crippen molar-refractivity contribution in [3.05, 3.63) is 78.9 Å². The summed E-state index contributed by atoms with van der Waals surface area (Å²) in [6.45, 7) is 2.69. The number of ether oxygens (including phenoxy) is 2. The van der Waals surface area contributed by atoms with Crippen molar-refractivity contribution in [1.29, 1.82) is 0 Å². The van der Waals surface area contributed by atoms with Crippen LogP contribution in [0.3, 0.4) is 0 Å². The lowest BCUT2D eigenvalue weighted by Gasteiger charge is -2.12. The highest BCUT2D eigenvalue weighted by Gasteiger charge is 2.09. The van der Waals surface area contributed by atoms with Gasteiger partial charge in [0.1, 0.15) is 11.5 Å². The quantitative estimate of drug-likeness (QED) is 0.603. The van der Waals surface area contributed by atoms with Gasteiger partial charge in [-0.05, 0) is 42.3 Å². The molecule has 0 bridgehead atoms. The molecule has 0 saturated heterocycles. The highest BCUT2D eigenvalue weighted by atomic mass is 16.5. The Morgan fingerprint density at radius 1 is 0.815 bits per heavy atom. The summed E-state index contributed by atoms with van der Waals surface area (Å²) in [6.07, 6.45) is 0.961. The Hall–Kier alpha value is -3.27. The van der Waals surface area contributed by atoms with E-state index in [0.29, 0.717) is 12.4 Å². The highest BCUT2D eigenvalue weighted by Crippen LogP contribution is 2.27. The van der Waals surface area contributed by atoms with E-state index in [4.69, 9.17) is 9.47 Å². The van der Waals surface area contributed by atoms with Crippen LogP contribution in [0.4, 0.5) is 5.69 Å².